The monoisotopic (exact) mass is 516 g/mol. The second-order valence-corrected chi connectivity index (χ2v) is 7.26. The molecule has 0 unspecified atom stereocenters. The second kappa shape index (κ2) is 11.4. The zero-order valence-corrected chi connectivity index (χ0v) is 18.4. The van der Waals surface area contributed by atoms with Crippen molar-refractivity contribution in [2.75, 3.05) is 0 Å². The Kier molecular flexibility index (Phi) is 9.15. The molecular weight excluding hydrogens is 506 g/mol. The Hall–Kier alpha value is -2.29. The first-order valence-corrected chi connectivity index (χ1v) is 9.90. The van der Waals surface area contributed by atoms with Gasteiger partial charge in [-0.2, -0.15) is 0 Å². The molecule has 0 radical (unpaired) electrons. The number of H-pyrrole nitrogens is 1. The van der Waals surface area contributed by atoms with E-state index in [0.717, 1.165) is 11.1 Å². The molecule has 4 rings (SSSR count). The summed E-state index contributed by atoms with van der Waals surface area (Å²) in [5.74, 6) is 0.800. The molecule has 0 bridgehead atoms. The minimum Gasteiger partial charge on any atom is -0.305 e. The molecule has 0 fully saturated rings. The van der Waals surface area contributed by atoms with Crippen molar-refractivity contribution in [2.45, 2.75) is 7.43 Å². The van der Waals surface area contributed by atoms with Crippen LogP contribution in [0.2, 0.25) is 25.5 Å². The maximum absolute atomic E-state index is 11.3. The summed E-state index contributed by atoms with van der Waals surface area (Å²) in [6, 6.07) is 6.94. The van der Waals surface area contributed by atoms with Gasteiger partial charge in [-0.25, -0.2) is 15.0 Å². The van der Waals surface area contributed by atoms with Crippen LogP contribution in [0, 0.1) is 0 Å². The average molecular weight is 519 g/mol. The van der Waals surface area contributed by atoms with Crippen LogP contribution in [-0.4, -0.2) is 29.9 Å². The van der Waals surface area contributed by atoms with Crippen molar-refractivity contribution >= 4 is 58.0 Å². The minimum absolute atomic E-state index is 0. The van der Waals surface area contributed by atoms with Crippen molar-refractivity contribution in [1.29, 1.82) is 0 Å². The van der Waals surface area contributed by atoms with Crippen molar-refractivity contribution in [3.8, 4) is 22.8 Å². The lowest BCUT2D eigenvalue weighted by Crippen LogP contribution is -2.09. The third-order valence-electron chi connectivity index (χ3n) is 3.49. The predicted octanol–water partition coefficient (Wildman–Crippen LogP) is 6.27. The molecule has 7 nitrogen and oxygen atoms in total. The van der Waals surface area contributed by atoms with E-state index in [9.17, 15) is 4.79 Å². The normalized spacial score (nSPS) is 9.97. The van der Waals surface area contributed by atoms with Crippen molar-refractivity contribution in [3.63, 3.8) is 0 Å². The number of rotatable bonds is 2. The Bertz CT molecular complexity index is 1200. The van der Waals surface area contributed by atoms with E-state index in [1.807, 2.05) is 0 Å². The number of pyridine rings is 2. The van der Waals surface area contributed by atoms with Gasteiger partial charge in [-0.1, -0.05) is 65.4 Å². The summed E-state index contributed by atoms with van der Waals surface area (Å²) < 4.78 is 0. The van der Waals surface area contributed by atoms with Crippen molar-refractivity contribution in [3.05, 3.63) is 84.9 Å². The SMILES string of the molecule is C.Clc1nc(-c2ccncc2)nc(Cl)c1Cl.O=c1[nH]c(-c2ccncc2)nc(Cl)c1Cl. The quantitative estimate of drug-likeness (QED) is 0.314. The highest BCUT2D eigenvalue weighted by Crippen LogP contribution is 2.29. The number of halogens is 5. The summed E-state index contributed by atoms with van der Waals surface area (Å²) >= 11 is 28.6. The van der Waals surface area contributed by atoms with E-state index >= 15 is 0 Å². The number of aromatic amines is 1. The van der Waals surface area contributed by atoms with Crippen LogP contribution in [0.5, 0.6) is 0 Å². The van der Waals surface area contributed by atoms with Crippen LogP contribution in [0.4, 0.5) is 0 Å². The summed E-state index contributed by atoms with van der Waals surface area (Å²) in [6.07, 6.45) is 6.46. The zero-order chi connectivity index (χ0) is 21.7. The highest BCUT2D eigenvalue weighted by molar-refractivity contribution is 6.47. The molecule has 0 spiro atoms. The molecule has 0 aliphatic rings. The molecule has 0 aliphatic carbocycles. The maximum atomic E-state index is 11.3. The fourth-order valence-corrected chi connectivity index (χ4v) is 2.83. The van der Waals surface area contributed by atoms with Crippen molar-refractivity contribution < 1.29 is 0 Å². The van der Waals surface area contributed by atoms with E-state index in [1.165, 1.54) is 0 Å². The van der Waals surface area contributed by atoms with Crippen molar-refractivity contribution in [1.82, 2.24) is 29.9 Å². The van der Waals surface area contributed by atoms with E-state index < -0.39 is 5.56 Å². The van der Waals surface area contributed by atoms with Gasteiger partial charge < -0.3 is 4.98 Å². The van der Waals surface area contributed by atoms with Crippen LogP contribution in [0.25, 0.3) is 22.8 Å². The molecule has 0 saturated carbocycles. The first-order valence-electron chi connectivity index (χ1n) is 8.01. The fourth-order valence-electron chi connectivity index (χ4n) is 2.10. The summed E-state index contributed by atoms with van der Waals surface area (Å²) in [5.41, 5.74) is 1.05. The molecular formula is C19H13Cl5N6O. The second-order valence-electron chi connectivity index (χ2n) is 5.43. The molecule has 160 valence electrons. The zero-order valence-electron chi connectivity index (χ0n) is 14.7. The summed E-state index contributed by atoms with van der Waals surface area (Å²) in [7, 11) is 0. The smallest absolute Gasteiger partial charge is 0.271 e. The highest BCUT2D eigenvalue weighted by Gasteiger charge is 2.10. The first-order chi connectivity index (χ1) is 14.4. The molecule has 0 aromatic carbocycles. The molecule has 1 N–H and O–H groups in total. The number of hydrogen-bond acceptors (Lipinski definition) is 6. The maximum Gasteiger partial charge on any atom is 0.271 e. The van der Waals surface area contributed by atoms with Crippen LogP contribution in [-0.2, 0) is 0 Å². The van der Waals surface area contributed by atoms with Crippen molar-refractivity contribution in [2.24, 2.45) is 0 Å². The average Bonchev–Trinajstić information content (AvgIpc) is 2.77. The molecule has 4 aromatic heterocycles. The van der Waals surface area contributed by atoms with Gasteiger partial charge in [0, 0.05) is 35.9 Å². The summed E-state index contributed by atoms with van der Waals surface area (Å²) in [6.45, 7) is 0. The molecule has 4 heterocycles. The summed E-state index contributed by atoms with van der Waals surface area (Å²) in [5, 5.41) is 0.338. The Labute approximate surface area is 202 Å². The fraction of sp³-hybridized carbons (Fsp3) is 0.0526. The van der Waals surface area contributed by atoms with Gasteiger partial charge in [0.05, 0.1) is 0 Å². The number of hydrogen-bond donors (Lipinski definition) is 1. The van der Waals surface area contributed by atoms with Gasteiger partial charge in [0.1, 0.15) is 15.9 Å². The molecule has 0 amide bonds. The Morgan fingerprint density at radius 1 is 0.645 bits per heavy atom. The standard InChI is InChI=1S/C9H4Cl3N3.C9H5Cl2N3O.CH4/c10-6-7(11)14-9(15-8(6)12)5-1-3-13-4-2-5;10-6-7(11)13-8(14-9(6)15)5-1-3-12-4-2-5;/h1-4H;1-4H,(H,13,14,15);1H4. The van der Waals surface area contributed by atoms with E-state index in [2.05, 4.69) is 29.9 Å². The summed E-state index contributed by atoms with van der Waals surface area (Å²) in [4.78, 5) is 33.6. The van der Waals surface area contributed by atoms with E-state index in [1.54, 1.807) is 49.1 Å². The largest absolute Gasteiger partial charge is 0.305 e. The molecule has 0 atom stereocenters. The number of aromatic nitrogens is 6. The first kappa shape index (κ1) is 25.0. The van der Waals surface area contributed by atoms with Gasteiger partial charge >= 0.3 is 0 Å². The molecule has 0 aliphatic heterocycles. The Balaban J connectivity index is 0.000000213. The number of nitrogens with one attached hydrogen (secondary N) is 1. The molecule has 31 heavy (non-hydrogen) atoms. The lowest BCUT2D eigenvalue weighted by molar-refractivity contribution is 1.12. The van der Waals surface area contributed by atoms with E-state index in [4.69, 9.17) is 58.0 Å². The van der Waals surface area contributed by atoms with E-state index in [-0.39, 0.29) is 32.9 Å². The lowest BCUT2D eigenvalue weighted by Gasteiger charge is -2.02. The van der Waals surface area contributed by atoms with Gasteiger partial charge in [-0.3, -0.25) is 14.8 Å². The van der Waals surface area contributed by atoms with Crippen LogP contribution < -0.4 is 5.56 Å². The topological polar surface area (TPSA) is 97.3 Å². The van der Waals surface area contributed by atoms with Gasteiger partial charge in [0.2, 0.25) is 0 Å². The third-order valence-corrected chi connectivity index (χ3v) is 5.30. The van der Waals surface area contributed by atoms with Crippen LogP contribution in [0.1, 0.15) is 7.43 Å². The molecule has 0 saturated heterocycles. The van der Waals surface area contributed by atoms with Gasteiger partial charge in [0.25, 0.3) is 5.56 Å². The highest BCUT2D eigenvalue weighted by atomic mass is 35.5. The Morgan fingerprint density at radius 2 is 1.10 bits per heavy atom. The van der Waals surface area contributed by atoms with E-state index in [0.29, 0.717) is 11.6 Å². The number of nitrogens with zero attached hydrogens (tertiary/aromatic N) is 5. The minimum atomic E-state index is -0.455. The molecule has 12 heteroatoms. The van der Waals surface area contributed by atoms with Gasteiger partial charge in [-0.05, 0) is 24.3 Å². The van der Waals surface area contributed by atoms with Crippen LogP contribution in [0.15, 0.2) is 53.8 Å². The van der Waals surface area contributed by atoms with Crippen LogP contribution >= 0.6 is 58.0 Å². The Morgan fingerprint density at radius 3 is 1.58 bits per heavy atom. The van der Waals surface area contributed by atoms with Crippen LogP contribution in [0.3, 0.4) is 0 Å². The van der Waals surface area contributed by atoms with Gasteiger partial charge in [0.15, 0.2) is 21.3 Å². The van der Waals surface area contributed by atoms with Gasteiger partial charge in [-0.15, -0.1) is 0 Å². The third kappa shape index (κ3) is 6.35. The lowest BCUT2D eigenvalue weighted by atomic mass is 10.2. The predicted molar refractivity (Wildman–Crippen MR) is 125 cm³/mol. The molecule has 4 aromatic rings.